The summed E-state index contributed by atoms with van der Waals surface area (Å²) in [5.41, 5.74) is 0.448. The molecular weight excluding hydrogens is 350 g/mol. The van der Waals surface area contributed by atoms with Gasteiger partial charge in [0.25, 0.3) is 5.91 Å². The predicted molar refractivity (Wildman–Crippen MR) is 103 cm³/mol. The number of carbonyl (C=O) groups excluding carboxylic acids is 2. The topological polar surface area (TPSA) is 117 Å². The summed E-state index contributed by atoms with van der Waals surface area (Å²) in [6, 6.07) is 4.81. The Morgan fingerprint density at radius 2 is 1.67 bits per heavy atom. The lowest BCUT2D eigenvalue weighted by atomic mass is 10.1. The molecular formula is C19H29N3O5. The van der Waals surface area contributed by atoms with E-state index in [9.17, 15) is 19.5 Å². The number of aliphatic carboxylic acids is 1. The van der Waals surface area contributed by atoms with Gasteiger partial charge in [0.05, 0.1) is 5.60 Å². The summed E-state index contributed by atoms with van der Waals surface area (Å²) in [5, 5.41) is 17.1. The van der Waals surface area contributed by atoms with Crippen LogP contribution in [0, 0.1) is 0 Å². The second-order valence-corrected chi connectivity index (χ2v) is 7.44. The molecule has 0 aromatic heterocycles. The normalized spacial score (nSPS) is 12.4. The first-order valence-electron chi connectivity index (χ1n) is 8.83. The minimum Gasteiger partial charge on any atom is -0.480 e. The van der Waals surface area contributed by atoms with Gasteiger partial charge in [-0.15, -0.1) is 0 Å². The maximum absolute atomic E-state index is 12.3. The smallest absolute Gasteiger partial charge is 0.326 e. The molecule has 0 spiro atoms. The number of urea groups is 1. The van der Waals surface area contributed by atoms with Gasteiger partial charge in [-0.05, 0) is 58.9 Å². The zero-order valence-electron chi connectivity index (χ0n) is 16.5. The highest BCUT2D eigenvalue weighted by Gasteiger charge is 2.22. The summed E-state index contributed by atoms with van der Waals surface area (Å²) in [7, 11) is 0. The highest BCUT2D eigenvalue weighted by molar-refractivity contribution is 5.97. The minimum absolute atomic E-state index is 0.00488. The SMILES string of the molecule is CC(C)NC(=O)Nc1ccc(C(=O)NC(CCOC(C)(C)C)C(=O)O)cc1. The van der Waals surface area contributed by atoms with Crippen molar-refractivity contribution < 1.29 is 24.2 Å². The van der Waals surface area contributed by atoms with Crippen LogP contribution in [0.3, 0.4) is 0 Å². The van der Waals surface area contributed by atoms with Gasteiger partial charge in [-0.1, -0.05) is 0 Å². The van der Waals surface area contributed by atoms with E-state index in [0.29, 0.717) is 11.3 Å². The summed E-state index contributed by atoms with van der Waals surface area (Å²) in [6.07, 6.45) is 0.160. The number of hydrogen-bond acceptors (Lipinski definition) is 4. The Morgan fingerprint density at radius 3 is 2.15 bits per heavy atom. The first-order valence-corrected chi connectivity index (χ1v) is 8.83. The van der Waals surface area contributed by atoms with Crippen LogP contribution in [-0.2, 0) is 9.53 Å². The second-order valence-electron chi connectivity index (χ2n) is 7.44. The molecule has 150 valence electrons. The van der Waals surface area contributed by atoms with Crippen molar-refractivity contribution >= 4 is 23.6 Å². The number of carboxylic acids is 1. The molecule has 3 amide bonds. The van der Waals surface area contributed by atoms with Crippen LogP contribution in [0.2, 0.25) is 0 Å². The third-order valence-corrected chi connectivity index (χ3v) is 3.37. The van der Waals surface area contributed by atoms with Gasteiger partial charge < -0.3 is 25.8 Å². The van der Waals surface area contributed by atoms with E-state index >= 15 is 0 Å². The molecule has 0 aliphatic carbocycles. The van der Waals surface area contributed by atoms with Crippen molar-refractivity contribution in [2.75, 3.05) is 11.9 Å². The molecule has 0 radical (unpaired) electrons. The number of anilines is 1. The summed E-state index contributed by atoms with van der Waals surface area (Å²) < 4.78 is 5.52. The van der Waals surface area contributed by atoms with E-state index in [1.807, 2.05) is 34.6 Å². The first-order chi connectivity index (χ1) is 12.5. The van der Waals surface area contributed by atoms with Crippen molar-refractivity contribution in [1.29, 1.82) is 0 Å². The fourth-order valence-electron chi connectivity index (χ4n) is 2.12. The van der Waals surface area contributed by atoms with Gasteiger partial charge >= 0.3 is 12.0 Å². The average molecular weight is 379 g/mol. The van der Waals surface area contributed by atoms with E-state index in [2.05, 4.69) is 16.0 Å². The van der Waals surface area contributed by atoms with Crippen LogP contribution in [0.1, 0.15) is 51.4 Å². The maximum atomic E-state index is 12.3. The number of rotatable bonds is 8. The van der Waals surface area contributed by atoms with Crippen LogP contribution < -0.4 is 16.0 Å². The van der Waals surface area contributed by atoms with Crippen molar-refractivity contribution in [1.82, 2.24) is 10.6 Å². The quantitative estimate of drug-likeness (QED) is 0.554. The van der Waals surface area contributed by atoms with Gasteiger partial charge in [0.2, 0.25) is 0 Å². The lowest BCUT2D eigenvalue weighted by molar-refractivity contribution is -0.140. The number of carboxylic acid groups (broad SMARTS) is 1. The Morgan fingerprint density at radius 1 is 1.07 bits per heavy atom. The van der Waals surface area contributed by atoms with Gasteiger partial charge in [0.1, 0.15) is 6.04 Å². The first kappa shape index (κ1) is 22.4. The van der Waals surface area contributed by atoms with E-state index in [1.165, 1.54) is 12.1 Å². The van der Waals surface area contributed by atoms with E-state index < -0.39 is 17.9 Å². The number of amides is 3. The Balaban J connectivity index is 2.63. The third-order valence-electron chi connectivity index (χ3n) is 3.37. The average Bonchev–Trinajstić information content (AvgIpc) is 2.52. The molecule has 0 bridgehead atoms. The zero-order chi connectivity index (χ0) is 20.6. The highest BCUT2D eigenvalue weighted by Crippen LogP contribution is 2.11. The van der Waals surface area contributed by atoms with Crippen LogP contribution in [0.5, 0.6) is 0 Å². The second kappa shape index (κ2) is 9.91. The fraction of sp³-hybridized carbons (Fsp3) is 0.526. The summed E-state index contributed by atoms with van der Waals surface area (Å²) >= 11 is 0. The van der Waals surface area contributed by atoms with Crippen molar-refractivity contribution in [3.05, 3.63) is 29.8 Å². The molecule has 0 saturated carbocycles. The highest BCUT2D eigenvalue weighted by atomic mass is 16.5. The lowest BCUT2D eigenvalue weighted by Crippen LogP contribution is -2.42. The molecule has 0 saturated heterocycles. The van der Waals surface area contributed by atoms with Crippen LogP contribution in [-0.4, -0.2) is 47.3 Å². The number of benzene rings is 1. The molecule has 0 heterocycles. The van der Waals surface area contributed by atoms with Crippen LogP contribution in [0.4, 0.5) is 10.5 Å². The van der Waals surface area contributed by atoms with Crippen molar-refractivity contribution in [2.24, 2.45) is 0 Å². The summed E-state index contributed by atoms with van der Waals surface area (Å²) in [4.78, 5) is 35.3. The summed E-state index contributed by atoms with van der Waals surface area (Å²) in [5.74, 6) is -1.62. The molecule has 4 N–H and O–H groups in total. The van der Waals surface area contributed by atoms with Gasteiger partial charge in [-0.3, -0.25) is 4.79 Å². The Kier molecular flexibility index (Phi) is 8.24. The largest absolute Gasteiger partial charge is 0.480 e. The summed E-state index contributed by atoms with van der Waals surface area (Å²) in [6.45, 7) is 9.53. The molecule has 27 heavy (non-hydrogen) atoms. The molecule has 8 heteroatoms. The molecule has 8 nitrogen and oxygen atoms in total. The van der Waals surface area contributed by atoms with Gasteiger partial charge in [-0.25, -0.2) is 9.59 Å². The molecule has 0 aliphatic rings. The van der Waals surface area contributed by atoms with Crippen LogP contribution >= 0.6 is 0 Å². The van der Waals surface area contributed by atoms with Crippen molar-refractivity contribution in [3.8, 4) is 0 Å². The number of carbonyl (C=O) groups is 3. The van der Waals surface area contributed by atoms with Crippen LogP contribution in [0.15, 0.2) is 24.3 Å². The molecule has 1 rings (SSSR count). The predicted octanol–water partition coefficient (Wildman–Crippen LogP) is 2.60. The van der Waals surface area contributed by atoms with E-state index in [4.69, 9.17) is 4.74 Å². The van der Waals surface area contributed by atoms with E-state index in [-0.39, 0.29) is 30.7 Å². The zero-order valence-corrected chi connectivity index (χ0v) is 16.5. The third kappa shape index (κ3) is 9.05. The number of hydrogen-bond donors (Lipinski definition) is 4. The fourth-order valence-corrected chi connectivity index (χ4v) is 2.12. The van der Waals surface area contributed by atoms with Gasteiger partial charge in [0, 0.05) is 30.3 Å². The number of nitrogens with one attached hydrogen (secondary N) is 3. The van der Waals surface area contributed by atoms with Gasteiger partial charge in [0.15, 0.2) is 0 Å². The van der Waals surface area contributed by atoms with Crippen molar-refractivity contribution in [2.45, 2.75) is 58.7 Å². The van der Waals surface area contributed by atoms with E-state index in [1.54, 1.807) is 12.1 Å². The molecule has 0 aliphatic heterocycles. The molecule has 1 unspecified atom stereocenters. The lowest BCUT2D eigenvalue weighted by Gasteiger charge is -2.21. The van der Waals surface area contributed by atoms with Crippen molar-refractivity contribution in [3.63, 3.8) is 0 Å². The van der Waals surface area contributed by atoms with E-state index in [0.717, 1.165) is 0 Å². The monoisotopic (exact) mass is 379 g/mol. The Bertz CT molecular complexity index is 650. The molecule has 1 aromatic carbocycles. The van der Waals surface area contributed by atoms with Gasteiger partial charge in [-0.2, -0.15) is 0 Å². The Hall–Kier alpha value is -2.61. The Labute approximate surface area is 159 Å². The molecule has 0 fully saturated rings. The standard InChI is InChI=1S/C19H29N3O5/c1-12(2)20-18(26)21-14-8-6-13(7-9-14)16(23)22-15(17(24)25)10-11-27-19(3,4)5/h6-9,12,15H,10-11H2,1-5H3,(H,22,23)(H,24,25)(H2,20,21,26). The minimum atomic E-state index is -1.12. The van der Waals surface area contributed by atoms with Crippen LogP contribution in [0.25, 0.3) is 0 Å². The maximum Gasteiger partial charge on any atom is 0.326 e. The molecule has 1 atom stereocenters. The number of ether oxygens (including phenoxy) is 1. The molecule has 1 aromatic rings.